The summed E-state index contributed by atoms with van der Waals surface area (Å²) in [7, 11) is 0. The van der Waals surface area contributed by atoms with Crippen molar-refractivity contribution in [1.29, 1.82) is 5.26 Å². The maximum atomic E-state index is 8.84. The highest BCUT2D eigenvalue weighted by Gasteiger charge is 2.20. The van der Waals surface area contributed by atoms with Crippen molar-refractivity contribution in [2.24, 2.45) is 0 Å². The molecule has 13 heavy (non-hydrogen) atoms. The number of nitriles is 1. The van der Waals surface area contributed by atoms with Crippen molar-refractivity contribution < 1.29 is 8.94 Å². The first-order chi connectivity index (χ1) is 6.42. The van der Waals surface area contributed by atoms with Crippen LogP contribution < -0.4 is 0 Å². The molecule has 5 nitrogen and oxygen atoms in total. The lowest BCUT2D eigenvalue weighted by Gasteiger charge is -1.97. The molecule has 2 rings (SSSR count). The summed E-state index contributed by atoms with van der Waals surface area (Å²) < 4.78 is 9.62. The van der Waals surface area contributed by atoms with E-state index in [-0.39, 0.29) is 0 Å². The molecule has 0 radical (unpaired) electrons. The summed E-state index contributed by atoms with van der Waals surface area (Å²) in [5.41, 5.74) is 0.505. The van der Waals surface area contributed by atoms with E-state index >= 15 is 0 Å². The molecule has 1 unspecified atom stereocenters. The average Bonchev–Trinajstić information content (AvgIpc) is 2.76. The fraction of sp³-hybridized carbons (Fsp3) is 0.125. The van der Waals surface area contributed by atoms with Gasteiger partial charge >= 0.3 is 0 Å². The maximum absolute atomic E-state index is 8.84. The highest BCUT2D eigenvalue weighted by Crippen LogP contribution is 2.20. The second-order valence-corrected chi connectivity index (χ2v) is 2.36. The zero-order valence-corrected chi connectivity index (χ0v) is 6.54. The lowest BCUT2D eigenvalue weighted by atomic mass is 10.1. The van der Waals surface area contributed by atoms with Crippen LogP contribution in [0.4, 0.5) is 0 Å². The molecule has 0 bridgehead atoms. The third-order valence-electron chi connectivity index (χ3n) is 1.58. The summed E-state index contributed by atoms with van der Waals surface area (Å²) >= 11 is 0. The minimum atomic E-state index is -0.589. The van der Waals surface area contributed by atoms with E-state index in [1.165, 1.54) is 18.7 Å². The number of oxazole rings is 1. The van der Waals surface area contributed by atoms with Gasteiger partial charge in [-0.25, -0.2) is 4.98 Å². The lowest BCUT2D eigenvalue weighted by molar-refractivity contribution is 0.405. The first kappa shape index (κ1) is 7.55. The number of hydrogen-bond acceptors (Lipinski definition) is 5. The molecule has 1 atom stereocenters. The van der Waals surface area contributed by atoms with Gasteiger partial charge in [0.05, 0.1) is 12.3 Å². The molecule has 0 saturated carbocycles. The number of nitrogens with zero attached hydrogens (tertiary/aromatic N) is 3. The van der Waals surface area contributed by atoms with Gasteiger partial charge in [-0.1, -0.05) is 5.16 Å². The molecule has 0 amide bonds. The second-order valence-electron chi connectivity index (χ2n) is 2.36. The summed E-state index contributed by atoms with van der Waals surface area (Å²) in [5, 5.41) is 12.5. The van der Waals surface area contributed by atoms with E-state index in [1.54, 1.807) is 6.07 Å². The van der Waals surface area contributed by atoms with E-state index in [4.69, 9.17) is 9.68 Å². The minimum absolute atomic E-state index is 0.330. The van der Waals surface area contributed by atoms with Crippen LogP contribution in [-0.4, -0.2) is 10.1 Å². The van der Waals surface area contributed by atoms with Crippen LogP contribution in [0.15, 0.2) is 33.7 Å². The van der Waals surface area contributed by atoms with Crippen LogP contribution in [0.2, 0.25) is 0 Å². The van der Waals surface area contributed by atoms with Crippen LogP contribution in [-0.2, 0) is 0 Å². The standard InChI is InChI=1S/C8H5N3O2/c9-5-6(7-1-3-13-11-7)8-10-2-4-12-8/h1-4,6H. The second kappa shape index (κ2) is 3.11. The molecule has 0 fully saturated rings. The molecule has 0 aliphatic heterocycles. The highest BCUT2D eigenvalue weighted by molar-refractivity contribution is 5.22. The Labute approximate surface area is 73.6 Å². The Hall–Kier alpha value is -2.09. The summed E-state index contributed by atoms with van der Waals surface area (Å²) in [4.78, 5) is 3.87. The van der Waals surface area contributed by atoms with Crippen molar-refractivity contribution in [1.82, 2.24) is 10.1 Å². The van der Waals surface area contributed by atoms with Gasteiger partial charge in [-0.15, -0.1) is 0 Å². The van der Waals surface area contributed by atoms with E-state index in [0.717, 1.165) is 0 Å². The molecule has 64 valence electrons. The monoisotopic (exact) mass is 175 g/mol. The summed E-state index contributed by atoms with van der Waals surface area (Å²) in [6, 6.07) is 3.64. The fourth-order valence-electron chi connectivity index (χ4n) is 0.996. The van der Waals surface area contributed by atoms with Crippen LogP contribution in [0.5, 0.6) is 0 Å². The van der Waals surface area contributed by atoms with E-state index in [1.807, 2.05) is 6.07 Å². The van der Waals surface area contributed by atoms with Crippen molar-refractivity contribution in [3.8, 4) is 6.07 Å². The first-order valence-corrected chi connectivity index (χ1v) is 3.61. The Morgan fingerprint density at radius 2 is 2.38 bits per heavy atom. The van der Waals surface area contributed by atoms with Gasteiger partial charge in [-0.3, -0.25) is 0 Å². The van der Waals surface area contributed by atoms with Crippen molar-refractivity contribution in [2.45, 2.75) is 5.92 Å². The van der Waals surface area contributed by atoms with Gasteiger partial charge in [0.15, 0.2) is 5.92 Å². The van der Waals surface area contributed by atoms with Crippen molar-refractivity contribution in [2.75, 3.05) is 0 Å². The van der Waals surface area contributed by atoms with Crippen LogP contribution in [0.25, 0.3) is 0 Å². The minimum Gasteiger partial charge on any atom is -0.447 e. The van der Waals surface area contributed by atoms with Gasteiger partial charge in [0.1, 0.15) is 18.2 Å². The SMILES string of the molecule is N#CC(c1ccon1)c1ncco1. The maximum Gasteiger partial charge on any atom is 0.217 e. The molecule has 2 heterocycles. The summed E-state index contributed by atoms with van der Waals surface area (Å²) in [5.74, 6) is -0.259. The first-order valence-electron chi connectivity index (χ1n) is 3.61. The Morgan fingerprint density at radius 3 is 2.92 bits per heavy atom. The molecule has 0 saturated heterocycles. The van der Waals surface area contributed by atoms with E-state index in [2.05, 4.69) is 14.7 Å². The molecule has 0 aromatic carbocycles. The zero-order chi connectivity index (χ0) is 9.10. The van der Waals surface area contributed by atoms with E-state index in [9.17, 15) is 0 Å². The highest BCUT2D eigenvalue weighted by atomic mass is 16.5. The third kappa shape index (κ3) is 1.29. The number of aromatic nitrogens is 2. The number of rotatable bonds is 2. The molecule has 5 heteroatoms. The van der Waals surface area contributed by atoms with Gasteiger partial charge in [-0.2, -0.15) is 5.26 Å². The molecular weight excluding hydrogens is 170 g/mol. The Balaban J connectivity index is 2.36. The molecule has 2 aromatic heterocycles. The molecule has 0 N–H and O–H groups in total. The summed E-state index contributed by atoms with van der Waals surface area (Å²) in [6.45, 7) is 0. The predicted molar refractivity (Wildman–Crippen MR) is 40.5 cm³/mol. The van der Waals surface area contributed by atoms with Gasteiger partial charge in [0, 0.05) is 6.07 Å². The van der Waals surface area contributed by atoms with Crippen LogP contribution in [0.1, 0.15) is 17.5 Å². The van der Waals surface area contributed by atoms with Crippen LogP contribution >= 0.6 is 0 Å². The largest absolute Gasteiger partial charge is 0.447 e. The molecular formula is C8H5N3O2. The molecule has 0 aliphatic carbocycles. The lowest BCUT2D eigenvalue weighted by Crippen LogP contribution is -1.98. The van der Waals surface area contributed by atoms with E-state index < -0.39 is 5.92 Å². The Morgan fingerprint density at radius 1 is 1.46 bits per heavy atom. The average molecular weight is 175 g/mol. The van der Waals surface area contributed by atoms with Gasteiger partial charge < -0.3 is 8.94 Å². The smallest absolute Gasteiger partial charge is 0.217 e. The molecule has 2 aromatic rings. The fourth-order valence-corrected chi connectivity index (χ4v) is 0.996. The Bertz CT molecular complexity index is 365. The molecule has 0 aliphatic rings. The predicted octanol–water partition coefficient (Wildman–Crippen LogP) is 1.32. The van der Waals surface area contributed by atoms with Gasteiger partial charge in [0.2, 0.25) is 5.89 Å². The Kier molecular flexibility index (Phi) is 1.81. The van der Waals surface area contributed by atoms with Crippen molar-refractivity contribution >= 4 is 0 Å². The summed E-state index contributed by atoms with van der Waals surface area (Å²) in [6.07, 6.45) is 4.31. The van der Waals surface area contributed by atoms with Crippen molar-refractivity contribution in [3.05, 3.63) is 36.4 Å². The van der Waals surface area contributed by atoms with Gasteiger partial charge in [-0.05, 0) is 0 Å². The normalized spacial score (nSPS) is 12.2. The molecule has 0 spiro atoms. The van der Waals surface area contributed by atoms with E-state index in [0.29, 0.717) is 11.6 Å². The van der Waals surface area contributed by atoms with Crippen molar-refractivity contribution in [3.63, 3.8) is 0 Å². The zero-order valence-electron chi connectivity index (χ0n) is 6.54. The number of hydrogen-bond donors (Lipinski definition) is 0. The topological polar surface area (TPSA) is 75.8 Å². The quantitative estimate of drug-likeness (QED) is 0.687. The van der Waals surface area contributed by atoms with Crippen LogP contribution in [0, 0.1) is 11.3 Å². The van der Waals surface area contributed by atoms with Gasteiger partial charge in [0.25, 0.3) is 0 Å². The van der Waals surface area contributed by atoms with Crippen LogP contribution in [0.3, 0.4) is 0 Å². The third-order valence-corrected chi connectivity index (χ3v) is 1.58.